The highest BCUT2D eigenvalue weighted by Gasteiger charge is 2.29. The molecule has 0 bridgehead atoms. The number of ketones is 2. The van der Waals surface area contributed by atoms with Gasteiger partial charge in [0.05, 0.1) is 35.4 Å². The van der Waals surface area contributed by atoms with Crippen molar-refractivity contribution in [2.75, 3.05) is 82.3 Å². The number of nitrogens with zero attached hydrogens (tertiary/aromatic N) is 5. The van der Waals surface area contributed by atoms with E-state index in [1.165, 1.54) is 11.3 Å². The molecule has 2 saturated heterocycles. The number of carbonyl (C=O) groups is 5. The molecule has 3 heterocycles. The number of rotatable bonds is 22. The van der Waals surface area contributed by atoms with Gasteiger partial charge >= 0.3 is 0 Å². The van der Waals surface area contributed by atoms with E-state index in [9.17, 15) is 24.0 Å². The Hall–Kier alpha value is -5.30. The molecule has 0 aliphatic carbocycles. The van der Waals surface area contributed by atoms with Crippen molar-refractivity contribution in [3.63, 3.8) is 0 Å². The highest BCUT2D eigenvalue weighted by Crippen LogP contribution is 2.39. The number of alkyl halides is 1. The Bertz CT molecular complexity index is 2430. The normalized spacial score (nSPS) is 15.6. The highest BCUT2D eigenvalue weighted by molar-refractivity contribution is 7.77. The van der Waals surface area contributed by atoms with Crippen LogP contribution in [0.25, 0.3) is 0 Å². The molecule has 6 rings (SSSR count). The number of aromatic nitrogens is 2. The number of hydrazine groups is 1. The average molecular weight is 1020 g/mol. The summed E-state index contributed by atoms with van der Waals surface area (Å²) < 4.78 is 19.3. The molecule has 19 heteroatoms. The molecule has 1 aromatic heterocycles. The predicted molar refractivity (Wildman–Crippen MR) is 277 cm³/mol. The SMILES string of the molecule is CC1CCC(=O)NC1=O.CCC(C)C(=O)c1ccc(N2CCN(CCOCCNC(=O)c3cc(C(C)(C)c4ccc(OCc5ccnc(NN(C)S)n5)cc4)cc(Cl)c3OCCCl)CC2)cc1C(C)=O. The van der Waals surface area contributed by atoms with Crippen LogP contribution in [0.3, 0.4) is 0 Å². The zero-order valence-electron chi connectivity index (χ0n) is 41.1. The van der Waals surface area contributed by atoms with Crippen LogP contribution in [0.5, 0.6) is 11.5 Å². The van der Waals surface area contributed by atoms with Crippen molar-refractivity contribution in [1.82, 2.24) is 29.9 Å². The summed E-state index contributed by atoms with van der Waals surface area (Å²) in [5.74, 6) is 0.788. The first-order chi connectivity index (χ1) is 33.4. The third-order valence-corrected chi connectivity index (χ3v) is 12.9. The van der Waals surface area contributed by atoms with Crippen LogP contribution >= 0.6 is 36.0 Å². The summed E-state index contributed by atoms with van der Waals surface area (Å²) in [6.07, 6.45) is 3.57. The van der Waals surface area contributed by atoms with E-state index in [-0.39, 0.29) is 66.0 Å². The number of ether oxygens (including phenoxy) is 3. The number of thiol groups is 1. The summed E-state index contributed by atoms with van der Waals surface area (Å²) in [7, 11) is 1.73. The molecule has 2 unspecified atom stereocenters. The largest absolute Gasteiger partial charge is 0.490 e. The Morgan fingerprint density at radius 1 is 0.957 bits per heavy atom. The molecule has 3 aromatic carbocycles. The fourth-order valence-corrected chi connectivity index (χ4v) is 8.16. The van der Waals surface area contributed by atoms with E-state index < -0.39 is 5.41 Å². The third kappa shape index (κ3) is 15.9. The lowest BCUT2D eigenvalue weighted by Crippen LogP contribution is -2.47. The van der Waals surface area contributed by atoms with E-state index in [0.717, 1.165) is 56.0 Å². The molecule has 0 saturated carbocycles. The zero-order chi connectivity index (χ0) is 51.0. The molecular formula is C51H66Cl2N8O8S. The van der Waals surface area contributed by atoms with Crippen molar-refractivity contribution in [2.45, 2.75) is 72.8 Å². The standard InChI is InChI=1S/C45H57Cl2N7O6S.C6H9NO2/c1-7-30(2)41(56)37-13-10-35(28-38(37)31(3)55)54-20-18-53(19-21-54)22-25-58-24-17-48-43(57)39-26-33(27-40(47)42(39)59-23-15-46)45(4,5)32-8-11-36(12-9-32)60-29-34-14-16-49-44(50-34)51-52(6)61;1-4-2-3-5(8)7-6(4)9/h8-14,16,26-28,30,61H,7,15,17-25,29H2,1-6H3,(H,48,57)(H,49,50,51);4H,2-3H2,1H3,(H,7,8,9). The molecule has 2 fully saturated rings. The predicted octanol–water partition coefficient (Wildman–Crippen LogP) is 7.82. The quantitative estimate of drug-likeness (QED) is 0.0149. The Morgan fingerprint density at radius 3 is 2.33 bits per heavy atom. The topological polar surface area (TPSA) is 185 Å². The number of nitrogens with one attached hydrogen (secondary N) is 3. The second-order valence-electron chi connectivity index (χ2n) is 17.8. The maximum Gasteiger partial charge on any atom is 0.255 e. The van der Waals surface area contributed by atoms with Crippen molar-refractivity contribution in [3.05, 3.63) is 105 Å². The fraction of sp³-hybridized carbons (Fsp3) is 0.471. The van der Waals surface area contributed by atoms with Gasteiger partial charge < -0.3 is 24.4 Å². The van der Waals surface area contributed by atoms with Gasteiger partial charge in [0, 0.05) is 93.0 Å². The molecule has 0 spiro atoms. The van der Waals surface area contributed by atoms with E-state index in [1.54, 1.807) is 25.4 Å². The van der Waals surface area contributed by atoms with Crippen molar-refractivity contribution < 1.29 is 38.2 Å². The van der Waals surface area contributed by atoms with Crippen molar-refractivity contribution in [1.29, 1.82) is 0 Å². The van der Waals surface area contributed by atoms with Crippen LogP contribution in [0, 0.1) is 11.8 Å². The molecular weight excluding hydrogens is 956 g/mol. The lowest BCUT2D eigenvalue weighted by Gasteiger charge is -2.36. The summed E-state index contributed by atoms with van der Waals surface area (Å²) in [6.45, 7) is 16.9. The minimum absolute atomic E-state index is 0.0103. The number of hydrogen-bond acceptors (Lipinski definition) is 15. The molecule has 378 valence electrons. The molecule has 3 N–H and O–H groups in total. The molecule has 2 aliphatic rings. The summed E-state index contributed by atoms with van der Waals surface area (Å²) in [5, 5.41) is 5.53. The molecule has 2 atom stereocenters. The number of amides is 3. The van der Waals surface area contributed by atoms with Gasteiger partial charge in [0.2, 0.25) is 17.8 Å². The molecule has 0 radical (unpaired) electrons. The van der Waals surface area contributed by atoms with Crippen molar-refractivity contribution in [2.24, 2.45) is 11.8 Å². The minimum Gasteiger partial charge on any atom is -0.490 e. The van der Waals surface area contributed by atoms with E-state index >= 15 is 0 Å². The molecule has 4 aromatic rings. The van der Waals surface area contributed by atoms with Crippen LogP contribution in [0.4, 0.5) is 11.6 Å². The summed E-state index contributed by atoms with van der Waals surface area (Å²) in [6, 6.07) is 18.8. The second kappa shape index (κ2) is 26.8. The molecule has 70 heavy (non-hydrogen) atoms. The van der Waals surface area contributed by atoms with E-state index in [1.807, 2.05) is 69.3 Å². The molecule has 16 nitrogen and oxygen atoms in total. The number of benzene rings is 3. The number of halogens is 2. The van der Waals surface area contributed by atoms with Crippen molar-refractivity contribution in [3.8, 4) is 11.5 Å². The minimum atomic E-state index is -0.543. The monoisotopic (exact) mass is 1020 g/mol. The van der Waals surface area contributed by atoms with Gasteiger partial charge in [0.15, 0.2) is 17.3 Å². The van der Waals surface area contributed by atoms with E-state index in [2.05, 4.69) is 62.5 Å². The Labute approximate surface area is 427 Å². The first-order valence-corrected chi connectivity index (χ1v) is 24.9. The number of piperazine rings is 1. The summed E-state index contributed by atoms with van der Waals surface area (Å²) in [4.78, 5) is 73.4. The number of piperidine rings is 1. The summed E-state index contributed by atoms with van der Waals surface area (Å²) >= 11 is 16.9. The smallest absolute Gasteiger partial charge is 0.255 e. The maximum absolute atomic E-state index is 13.7. The van der Waals surface area contributed by atoms with Crippen molar-refractivity contribution >= 4 is 76.9 Å². The number of hydrogen-bond donors (Lipinski definition) is 4. The first-order valence-electron chi connectivity index (χ1n) is 23.5. The highest BCUT2D eigenvalue weighted by atomic mass is 35.5. The maximum atomic E-state index is 13.7. The van der Waals surface area contributed by atoms with E-state index in [4.69, 9.17) is 37.4 Å². The lowest BCUT2D eigenvalue weighted by atomic mass is 9.77. The van der Waals surface area contributed by atoms with Crippen LogP contribution in [0.2, 0.25) is 5.02 Å². The number of Topliss-reactive ketones (excluding diaryl/α,β-unsaturated/α-hetero) is 2. The van der Waals surface area contributed by atoms with Gasteiger partial charge in [-0.2, -0.15) is 4.41 Å². The number of carbonyl (C=O) groups excluding carboxylic acids is 5. The second-order valence-corrected chi connectivity index (χ2v) is 19.2. The third-order valence-electron chi connectivity index (χ3n) is 12.3. The molecule has 2 aliphatic heterocycles. The lowest BCUT2D eigenvalue weighted by molar-refractivity contribution is -0.135. The van der Waals surface area contributed by atoms with Gasteiger partial charge in [-0.3, -0.25) is 39.6 Å². The van der Waals surface area contributed by atoms with E-state index in [0.29, 0.717) is 71.7 Å². The molecule has 3 amide bonds. The average Bonchev–Trinajstić information content (AvgIpc) is 3.34. The van der Waals surface area contributed by atoms with Gasteiger partial charge in [-0.15, -0.1) is 11.6 Å². The zero-order valence-corrected chi connectivity index (χ0v) is 43.5. The van der Waals surface area contributed by atoms with Crippen LogP contribution in [0.1, 0.15) is 109 Å². The fourth-order valence-electron chi connectivity index (χ4n) is 7.72. The van der Waals surface area contributed by atoms with Crippen LogP contribution in [0.15, 0.2) is 66.9 Å². The van der Waals surface area contributed by atoms with Gasteiger partial charge in [-0.1, -0.05) is 71.2 Å². The Kier molecular flexibility index (Phi) is 21.3. The van der Waals surface area contributed by atoms with Gasteiger partial charge in [-0.05, 0) is 79.4 Å². The van der Waals surface area contributed by atoms with Crippen LogP contribution in [-0.2, 0) is 26.3 Å². The Morgan fingerprint density at radius 2 is 1.69 bits per heavy atom. The van der Waals surface area contributed by atoms with Gasteiger partial charge in [-0.25, -0.2) is 9.97 Å². The van der Waals surface area contributed by atoms with Gasteiger partial charge in [0.1, 0.15) is 19.0 Å². The Balaban J connectivity index is 0.000000909. The van der Waals surface area contributed by atoms with Gasteiger partial charge in [0.25, 0.3) is 5.91 Å². The van der Waals surface area contributed by atoms with Crippen LogP contribution < -0.4 is 30.4 Å². The number of anilines is 2. The van der Waals surface area contributed by atoms with Crippen LogP contribution in [-0.4, -0.2) is 121 Å². The number of imide groups is 1. The summed E-state index contributed by atoms with van der Waals surface area (Å²) in [5.41, 5.74) is 7.14. The first kappa shape index (κ1) is 55.6.